The molecule has 3 heteroatoms. The average Bonchev–Trinajstić information content (AvgIpc) is 3.56. The molecule has 0 bridgehead atoms. The second kappa shape index (κ2) is 13.9. The number of para-hydroxylation sites is 2. The number of anilines is 6. The highest BCUT2D eigenvalue weighted by atomic mass is 16.3. The van der Waals surface area contributed by atoms with Gasteiger partial charge in [-0.2, -0.15) is 0 Å². The Kier molecular flexibility index (Phi) is 8.38. The molecule has 0 aliphatic carbocycles. The van der Waals surface area contributed by atoms with E-state index in [0.717, 1.165) is 72.6 Å². The summed E-state index contributed by atoms with van der Waals surface area (Å²) in [6.07, 6.45) is 0. The molecular formula is C54H42N2O. The van der Waals surface area contributed by atoms with E-state index >= 15 is 0 Å². The number of aryl methyl sites for hydroxylation is 4. The Morgan fingerprint density at radius 3 is 1.33 bits per heavy atom. The fraction of sp³-hybridized carbons (Fsp3) is 0.0741. The largest absolute Gasteiger partial charge is 0.456 e. The molecule has 0 radical (unpaired) electrons. The Morgan fingerprint density at radius 1 is 0.298 bits per heavy atom. The molecule has 3 nitrogen and oxygen atoms in total. The summed E-state index contributed by atoms with van der Waals surface area (Å²) >= 11 is 0. The Balaban J connectivity index is 1.00. The van der Waals surface area contributed by atoms with Gasteiger partial charge in [0, 0.05) is 44.9 Å². The van der Waals surface area contributed by atoms with Crippen molar-refractivity contribution in [1.82, 2.24) is 0 Å². The lowest BCUT2D eigenvalue weighted by Crippen LogP contribution is -2.10. The first-order valence-electron chi connectivity index (χ1n) is 19.6. The van der Waals surface area contributed by atoms with Gasteiger partial charge in [-0.3, -0.25) is 0 Å². The molecule has 1 heterocycles. The minimum atomic E-state index is 0.890. The second-order valence-corrected chi connectivity index (χ2v) is 15.5. The van der Waals surface area contributed by atoms with Crippen molar-refractivity contribution in [3.8, 4) is 11.1 Å². The zero-order valence-electron chi connectivity index (χ0n) is 32.6. The van der Waals surface area contributed by atoms with Gasteiger partial charge in [-0.25, -0.2) is 0 Å². The maximum absolute atomic E-state index is 6.64. The molecule has 0 spiro atoms. The van der Waals surface area contributed by atoms with Gasteiger partial charge in [-0.05, 0) is 186 Å². The molecule has 9 aromatic carbocycles. The number of hydrogen-bond donors (Lipinski definition) is 0. The van der Waals surface area contributed by atoms with Crippen molar-refractivity contribution in [3.05, 3.63) is 204 Å². The molecule has 1 aromatic heterocycles. The van der Waals surface area contributed by atoms with Crippen LogP contribution >= 0.6 is 0 Å². The van der Waals surface area contributed by atoms with Crippen molar-refractivity contribution in [2.75, 3.05) is 9.80 Å². The molecule has 0 atom stereocenters. The van der Waals surface area contributed by atoms with E-state index in [4.69, 9.17) is 4.42 Å². The Bertz CT molecular complexity index is 3080. The molecule has 0 saturated carbocycles. The third-order valence-corrected chi connectivity index (χ3v) is 11.0. The van der Waals surface area contributed by atoms with Gasteiger partial charge in [0.15, 0.2) is 0 Å². The van der Waals surface area contributed by atoms with E-state index in [0.29, 0.717) is 0 Å². The first kappa shape index (κ1) is 34.4. The number of rotatable bonds is 7. The summed E-state index contributed by atoms with van der Waals surface area (Å²) in [6.45, 7) is 8.64. The number of fused-ring (bicyclic) bond motifs is 5. The summed E-state index contributed by atoms with van der Waals surface area (Å²) in [6, 6.07) is 66.0. The van der Waals surface area contributed by atoms with Crippen molar-refractivity contribution in [3.63, 3.8) is 0 Å². The van der Waals surface area contributed by atoms with Crippen LogP contribution in [0.2, 0.25) is 0 Å². The van der Waals surface area contributed by atoms with E-state index in [1.807, 2.05) is 0 Å². The summed E-state index contributed by atoms with van der Waals surface area (Å²) in [7, 11) is 0. The van der Waals surface area contributed by atoms with Crippen LogP contribution in [0.3, 0.4) is 0 Å². The van der Waals surface area contributed by atoms with Gasteiger partial charge in [0.2, 0.25) is 0 Å². The molecule has 0 aliphatic heterocycles. The van der Waals surface area contributed by atoms with Crippen LogP contribution in [-0.2, 0) is 0 Å². The van der Waals surface area contributed by atoms with Gasteiger partial charge in [-0.15, -0.1) is 0 Å². The van der Waals surface area contributed by atoms with Crippen LogP contribution < -0.4 is 9.80 Å². The van der Waals surface area contributed by atoms with Crippen LogP contribution in [0.1, 0.15) is 22.3 Å². The Morgan fingerprint density at radius 2 is 0.754 bits per heavy atom. The molecule has 274 valence electrons. The van der Waals surface area contributed by atoms with Crippen molar-refractivity contribution in [2.45, 2.75) is 27.7 Å². The van der Waals surface area contributed by atoms with Crippen molar-refractivity contribution >= 4 is 77.6 Å². The van der Waals surface area contributed by atoms with Crippen LogP contribution in [0.25, 0.3) is 54.6 Å². The topological polar surface area (TPSA) is 19.6 Å². The van der Waals surface area contributed by atoms with Crippen LogP contribution in [0, 0.1) is 27.7 Å². The summed E-state index contributed by atoms with van der Waals surface area (Å²) in [5.74, 6) is 0. The molecule has 10 aromatic rings. The predicted molar refractivity (Wildman–Crippen MR) is 242 cm³/mol. The maximum Gasteiger partial charge on any atom is 0.136 e. The predicted octanol–water partition coefficient (Wildman–Crippen LogP) is 15.7. The standard InChI is InChI=1S/C54H42N2O/c1-35-23-36(2)26-49(25-35)55(45-11-7-5-8-12-45)47-20-17-40-29-39(15-16-41(40)30-47)43-19-22-51-52-32-42-18-21-48(31-44(42)34-54(52)57-53(51)33-43)56(46-13-9-6-10-14-46)50-27-37(3)24-38(4)28-50/h5-34H,1-4H3. The fourth-order valence-electron chi connectivity index (χ4n) is 8.59. The van der Waals surface area contributed by atoms with Crippen molar-refractivity contribution in [2.24, 2.45) is 0 Å². The molecule has 0 unspecified atom stereocenters. The van der Waals surface area contributed by atoms with E-state index in [1.54, 1.807) is 0 Å². The lowest BCUT2D eigenvalue weighted by Gasteiger charge is -2.26. The van der Waals surface area contributed by atoms with Gasteiger partial charge in [-0.1, -0.05) is 78.9 Å². The Hall–Kier alpha value is -7.10. The summed E-state index contributed by atoms with van der Waals surface area (Å²) in [5.41, 5.74) is 15.9. The van der Waals surface area contributed by atoms with E-state index in [9.17, 15) is 0 Å². The summed E-state index contributed by atoms with van der Waals surface area (Å²) in [4.78, 5) is 4.68. The lowest BCUT2D eigenvalue weighted by molar-refractivity contribution is 0.669. The number of hydrogen-bond acceptors (Lipinski definition) is 3. The highest BCUT2D eigenvalue weighted by molar-refractivity contribution is 6.11. The van der Waals surface area contributed by atoms with Crippen molar-refractivity contribution in [1.29, 1.82) is 0 Å². The van der Waals surface area contributed by atoms with Gasteiger partial charge in [0.05, 0.1) is 0 Å². The molecule has 0 N–H and O–H groups in total. The molecule has 0 amide bonds. The van der Waals surface area contributed by atoms with Gasteiger partial charge < -0.3 is 14.2 Å². The molecule has 10 rings (SSSR count). The van der Waals surface area contributed by atoms with E-state index in [1.165, 1.54) is 38.4 Å². The molecule has 57 heavy (non-hydrogen) atoms. The number of benzene rings is 9. The van der Waals surface area contributed by atoms with Crippen LogP contribution in [-0.4, -0.2) is 0 Å². The molecule has 0 saturated heterocycles. The van der Waals surface area contributed by atoms with E-state index < -0.39 is 0 Å². The van der Waals surface area contributed by atoms with Crippen molar-refractivity contribution < 1.29 is 4.42 Å². The first-order valence-corrected chi connectivity index (χ1v) is 19.6. The smallest absolute Gasteiger partial charge is 0.136 e. The number of nitrogens with zero attached hydrogens (tertiary/aromatic N) is 2. The van der Waals surface area contributed by atoms with Crippen LogP contribution in [0.5, 0.6) is 0 Å². The zero-order valence-corrected chi connectivity index (χ0v) is 32.6. The first-order chi connectivity index (χ1) is 27.8. The van der Waals surface area contributed by atoms with E-state index in [2.05, 4.69) is 219 Å². The second-order valence-electron chi connectivity index (χ2n) is 15.5. The monoisotopic (exact) mass is 734 g/mol. The molecule has 0 aliphatic rings. The lowest BCUT2D eigenvalue weighted by atomic mass is 9.99. The minimum Gasteiger partial charge on any atom is -0.456 e. The van der Waals surface area contributed by atoms with Crippen LogP contribution in [0.4, 0.5) is 34.1 Å². The average molecular weight is 735 g/mol. The van der Waals surface area contributed by atoms with Crippen LogP contribution in [0.15, 0.2) is 186 Å². The van der Waals surface area contributed by atoms with Gasteiger partial charge >= 0.3 is 0 Å². The Labute approximate surface area is 333 Å². The van der Waals surface area contributed by atoms with Gasteiger partial charge in [0.1, 0.15) is 11.2 Å². The van der Waals surface area contributed by atoms with E-state index in [-0.39, 0.29) is 0 Å². The summed E-state index contributed by atoms with van der Waals surface area (Å²) < 4.78 is 6.64. The quantitative estimate of drug-likeness (QED) is 0.163. The molecule has 0 fully saturated rings. The maximum atomic E-state index is 6.64. The third kappa shape index (κ3) is 6.47. The molecular weight excluding hydrogens is 693 g/mol. The SMILES string of the molecule is Cc1cc(C)cc(N(c2ccccc2)c2ccc3cc(-c4ccc5c(c4)oc4cc6cc(N(c7ccccc7)c7cc(C)cc(C)c7)ccc6cc45)ccc3c2)c1. The summed E-state index contributed by atoms with van der Waals surface area (Å²) in [5, 5.41) is 6.97. The number of furan rings is 1. The fourth-order valence-corrected chi connectivity index (χ4v) is 8.59. The normalized spacial score (nSPS) is 11.5. The van der Waals surface area contributed by atoms with Gasteiger partial charge in [0.25, 0.3) is 0 Å². The third-order valence-electron chi connectivity index (χ3n) is 11.0. The highest BCUT2D eigenvalue weighted by Crippen LogP contribution is 2.41. The highest BCUT2D eigenvalue weighted by Gasteiger charge is 2.17. The zero-order chi connectivity index (χ0) is 38.6. The minimum absolute atomic E-state index is 0.890.